The molecule has 0 amide bonds. The van der Waals surface area contributed by atoms with Crippen LogP contribution < -0.4 is 5.19 Å². The first-order chi connectivity index (χ1) is 8.66. The predicted molar refractivity (Wildman–Crippen MR) is 81.2 cm³/mol. The molecule has 0 saturated carbocycles. The molecule has 0 spiro atoms. The van der Waals surface area contributed by atoms with E-state index in [0.717, 1.165) is 12.1 Å². The summed E-state index contributed by atoms with van der Waals surface area (Å²) in [6.07, 6.45) is 5.62. The minimum absolute atomic E-state index is 0.520. The predicted octanol–water partition coefficient (Wildman–Crippen LogP) is 3.95. The van der Waals surface area contributed by atoms with Gasteiger partial charge in [0.15, 0.2) is 0 Å². The van der Waals surface area contributed by atoms with Gasteiger partial charge in [-0.1, -0.05) is 68.4 Å². The van der Waals surface area contributed by atoms with Gasteiger partial charge in [-0.2, -0.15) is 0 Å². The van der Waals surface area contributed by atoms with E-state index in [9.17, 15) is 0 Å². The average Bonchev–Trinajstić information content (AvgIpc) is 2.86. The lowest BCUT2D eigenvalue weighted by Gasteiger charge is -2.33. The van der Waals surface area contributed by atoms with Crippen LogP contribution in [-0.2, 0) is 4.74 Å². The summed E-state index contributed by atoms with van der Waals surface area (Å²) in [5.41, 5.74) is 0.798. The van der Waals surface area contributed by atoms with E-state index in [2.05, 4.69) is 50.3 Å². The van der Waals surface area contributed by atoms with Gasteiger partial charge in [0, 0.05) is 6.61 Å². The second-order valence-corrected chi connectivity index (χ2v) is 10.8. The summed E-state index contributed by atoms with van der Waals surface area (Å²) in [5.74, 6) is 0. The summed E-state index contributed by atoms with van der Waals surface area (Å²) in [5, 5.41) is 1.59. The molecule has 1 fully saturated rings. The molecule has 0 unspecified atom stereocenters. The van der Waals surface area contributed by atoms with E-state index in [0.29, 0.717) is 6.10 Å². The second kappa shape index (κ2) is 6.03. The van der Waals surface area contributed by atoms with Gasteiger partial charge < -0.3 is 4.74 Å². The highest BCUT2D eigenvalue weighted by atomic mass is 28.3. The number of hydrogen-bond acceptors (Lipinski definition) is 1. The molecule has 1 aliphatic heterocycles. The molecule has 100 valence electrons. The van der Waals surface area contributed by atoms with Gasteiger partial charge in [-0.15, -0.1) is 0 Å². The van der Waals surface area contributed by atoms with Crippen molar-refractivity contribution in [1.82, 2.24) is 0 Å². The van der Waals surface area contributed by atoms with Gasteiger partial charge in [0.05, 0.1) is 14.2 Å². The molecular formula is C16H26OSi. The zero-order valence-corrected chi connectivity index (χ0v) is 13.0. The Labute approximate surface area is 113 Å². The van der Waals surface area contributed by atoms with Crippen molar-refractivity contribution in [3.05, 3.63) is 30.3 Å². The molecule has 1 aromatic carbocycles. The Kier molecular flexibility index (Phi) is 4.63. The molecule has 1 aliphatic rings. The monoisotopic (exact) mass is 262 g/mol. The SMILES string of the molecule is CCCC[C@@H]1OCC[C@@H]1[Si](C)(C)c1ccccc1. The highest BCUT2D eigenvalue weighted by Crippen LogP contribution is 2.38. The normalized spacial score (nSPS) is 24.4. The first-order valence-corrected chi connectivity index (χ1v) is 10.4. The fourth-order valence-electron chi connectivity index (χ4n) is 3.25. The molecule has 0 aromatic heterocycles. The number of ether oxygens (including phenoxy) is 1. The topological polar surface area (TPSA) is 9.23 Å². The third-order valence-electron chi connectivity index (χ3n) is 4.50. The zero-order valence-electron chi connectivity index (χ0n) is 12.0. The van der Waals surface area contributed by atoms with Crippen LogP contribution in [0.1, 0.15) is 32.6 Å². The second-order valence-electron chi connectivity index (χ2n) is 6.03. The Morgan fingerprint density at radius 3 is 2.61 bits per heavy atom. The van der Waals surface area contributed by atoms with Crippen molar-refractivity contribution in [2.75, 3.05) is 6.61 Å². The first kappa shape index (κ1) is 13.8. The molecule has 18 heavy (non-hydrogen) atoms. The number of unbranched alkanes of at least 4 members (excludes halogenated alkanes) is 1. The largest absolute Gasteiger partial charge is 0.378 e. The molecule has 0 aliphatic carbocycles. The summed E-state index contributed by atoms with van der Waals surface area (Å²) in [6.45, 7) is 8.27. The number of rotatable bonds is 5. The minimum atomic E-state index is -1.38. The van der Waals surface area contributed by atoms with Crippen molar-refractivity contribution in [3.63, 3.8) is 0 Å². The minimum Gasteiger partial charge on any atom is -0.378 e. The van der Waals surface area contributed by atoms with Crippen LogP contribution >= 0.6 is 0 Å². The average molecular weight is 262 g/mol. The van der Waals surface area contributed by atoms with E-state index in [-0.39, 0.29) is 0 Å². The van der Waals surface area contributed by atoms with Crippen LogP contribution in [0.25, 0.3) is 0 Å². The summed E-state index contributed by atoms with van der Waals surface area (Å²) >= 11 is 0. The highest BCUT2D eigenvalue weighted by Gasteiger charge is 2.41. The Hall–Kier alpha value is -0.603. The third-order valence-corrected chi connectivity index (χ3v) is 8.83. The summed E-state index contributed by atoms with van der Waals surface area (Å²) < 4.78 is 6.01. The maximum atomic E-state index is 6.01. The van der Waals surface area contributed by atoms with E-state index < -0.39 is 8.07 Å². The lowest BCUT2D eigenvalue weighted by Crippen LogP contribution is -2.48. The Morgan fingerprint density at radius 2 is 1.94 bits per heavy atom. The number of hydrogen-bond donors (Lipinski definition) is 0. The Morgan fingerprint density at radius 1 is 1.22 bits per heavy atom. The van der Waals surface area contributed by atoms with Crippen molar-refractivity contribution in [2.24, 2.45) is 0 Å². The van der Waals surface area contributed by atoms with Crippen LogP contribution in [0.3, 0.4) is 0 Å². The fourth-order valence-corrected chi connectivity index (χ4v) is 6.76. The molecule has 1 nitrogen and oxygen atoms in total. The fraction of sp³-hybridized carbons (Fsp3) is 0.625. The van der Waals surface area contributed by atoms with Crippen molar-refractivity contribution >= 4 is 13.3 Å². The molecule has 0 N–H and O–H groups in total. The van der Waals surface area contributed by atoms with Crippen LogP contribution in [-0.4, -0.2) is 20.8 Å². The molecule has 1 aromatic rings. The maximum Gasteiger partial charge on any atom is 0.0863 e. The summed E-state index contributed by atoms with van der Waals surface area (Å²) in [6, 6.07) is 11.1. The lowest BCUT2D eigenvalue weighted by molar-refractivity contribution is 0.102. The van der Waals surface area contributed by atoms with Gasteiger partial charge >= 0.3 is 0 Å². The quantitative estimate of drug-likeness (QED) is 0.730. The van der Waals surface area contributed by atoms with Gasteiger partial charge in [-0.3, -0.25) is 0 Å². The van der Waals surface area contributed by atoms with Crippen LogP contribution in [0.15, 0.2) is 30.3 Å². The lowest BCUT2D eigenvalue weighted by atomic mass is 10.1. The highest BCUT2D eigenvalue weighted by molar-refractivity contribution is 6.91. The molecule has 0 radical (unpaired) electrons. The molecular weight excluding hydrogens is 236 g/mol. The third kappa shape index (κ3) is 2.86. The van der Waals surface area contributed by atoms with Gasteiger partial charge in [-0.25, -0.2) is 0 Å². The first-order valence-electron chi connectivity index (χ1n) is 7.33. The van der Waals surface area contributed by atoms with Crippen LogP contribution in [0.5, 0.6) is 0 Å². The van der Waals surface area contributed by atoms with Crippen LogP contribution in [0.2, 0.25) is 18.6 Å². The molecule has 2 atom stereocenters. The van der Waals surface area contributed by atoms with E-state index in [4.69, 9.17) is 4.74 Å². The maximum absolute atomic E-state index is 6.01. The summed E-state index contributed by atoms with van der Waals surface area (Å²) in [7, 11) is -1.38. The molecule has 0 bridgehead atoms. The van der Waals surface area contributed by atoms with Gasteiger partial charge in [-0.05, 0) is 18.4 Å². The Bertz CT molecular complexity index is 361. The van der Waals surface area contributed by atoms with Crippen LogP contribution in [0, 0.1) is 0 Å². The van der Waals surface area contributed by atoms with Gasteiger partial charge in [0.25, 0.3) is 0 Å². The van der Waals surface area contributed by atoms with Crippen molar-refractivity contribution < 1.29 is 4.74 Å². The van der Waals surface area contributed by atoms with Crippen molar-refractivity contribution in [2.45, 2.75) is 57.3 Å². The molecule has 2 heteroatoms. The standard InChI is InChI=1S/C16H26OSi/c1-4-5-11-15-16(12-13-17-15)18(2,3)14-9-7-6-8-10-14/h6-10,15-16H,4-5,11-13H2,1-3H3/t15-,16-/m0/s1. The molecule has 1 saturated heterocycles. The molecule has 2 rings (SSSR count). The summed E-state index contributed by atoms with van der Waals surface area (Å²) in [4.78, 5) is 0. The van der Waals surface area contributed by atoms with Crippen LogP contribution in [0.4, 0.5) is 0 Å². The van der Waals surface area contributed by atoms with E-state index in [1.165, 1.54) is 25.7 Å². The molecule has 1 heterocycles. The van der Waals surface area contributed by atoms with Crippen molar-refractivity contribution in [3.8, 4) is 0 Å². The van der Waals surface area contributed by atoms with Gasteiger partial charge in [0.1, 0.15) is 0 Å². The van der Waals surface area contributed by atoms with Crippen molar-refractivity contribution in [1.29, 1.82) is 0 Å². The smallest absolute Gasteiger partial charge is 0.0863 e. The van der Waals surface area contributed by atoms with E-state index in [1.54, 1.807) is 5.19 Å². The van der Waals surface area contributed by atoms with E-state index >= 15 is 0 Å². The van der Waals surface area contributed by atoms with E-state index in [1.807, 2.05) is 0 Å². The Balaban J connectivity index is 2.13. The zero-order chi connectivity index (χ0) is 13.0. The number of benzene rings is 1. The van der Waals surface area contributed by atoms with Gasteiger partial charge in [0.2, 0.25) is 0 Å².